The predicted octanol–water partition coefficient (Wildman–Crippen LogP) is 13.7. The van der Waals surface area contributed by atoms with Gasteiger partial charge in [-0.1, -0.05) is 156 Å². The van der Waals surface area contributed by atoms with Gasteiger partial charge in [0.1, 0.15) is 11.6 Å². The molecule has 0 spiro atoms. The quantitative estimate of drug-likeness (QED) is 0.147. The Morgan fingerprint density at radius 2 is 1.09 bits per heavy atom. The molecule has 0 saturated heterocycles. The van der Waals surface area contributed by atoms with Gasteiger partial charge in [-0.05, 0) is 92.6 Å². The van der Waals surface area contributed by atoms with Crippen LogP contribution in [0.2, 0.25) is 0 Å². The number of anilines is 3. The molecule has 4 nitrogen and oxygen atoms in total. The maximum absolute atomic E-state index is 11.1. The van der Waals surface area contributed by atoms with Crippen molar-refractivity contribution in [3.05, 3.63) is 205 Å². The number of phenolic OH excluding ortho intramolecular Hbond substituents is 1. The SMILES string of the molecule is CC(C)(C)c1cc(-c2cc(-c3ccc(-c4ccccc4)cc3)cc(-c3ccccc3O)n2)[c-]c(N(c2ccccc2)c2cc(C(C)(C)c3ccccc3)ccn2)c1.[Pt]. The Morgan fingerprint density at radius 3 is 1.74 bits per heavy atom. The Kier molecular flexibility index (Phi) is 11.6. The minimum absolute atomic E-state index is 0. The van der Waals surface area contributed by atoms with Crippen LogP contribution in [-0.4, -0.2) is 15.1 Å². The number of hydrogen-bond acceptors (Lipinski definition) is 4. The number of phenols is 1. The van der Waals surface area contributed by atoms with Crippen LogP contribution >= 0.6 is 0 Å². The fourth-order valence-electron chi connectivity index (χ4n) is 7.32. The van der Waals surface area contributed by atoms with Crippen LogP contribution in [0.25, 0.3) is 44.8 Å². The number of benzene rings is 6. The molecule has 0 aliphatic rings. The summed E-state index contributed by atoms with van der Waals surface area (Å²) in [5.74, 6) is 0.978. The van der Waals surface area contributed by atoms with Crippen molar-refractivity contribution in [2.45, 2.75) is 45.4 Å². The van der Waals surface area contributed by atoms with E-state index in [1.54, 1.807) is 6.07 Å². The van der Waals surface area contributed by atoms with E-state index in [1.807, 2.05) is 36.5 Å². The van der Waals surface area contributed by atoms with Crippen molar-refractivity contribution in [2.24, 2.45) is 0 Å². The summed E-state index contributed by atoms with van der Waals surface area (Å²) < 4.78 is 0. The van der Waals surface area contributed by atoms with Gasteiger partial charge in [-0.2, -0.15) is 0 Å². The van der Waals surface area contributed by atoms with E-state index in [9.17, 15) is 5.11 Å². The van der Waals surface area contributed by atoms with Gasteiger partial charge in [-0.3, -0.25) is 4.98 Å². The van der Waals surface area contributed by atoms with Crippen LogP contribution in [0.3, 0.4) is 0 Å². The molecule has 6 aromatic carbocycles. The predicted molar refractivity (Wildman–Crippen MR) is 236 cm³/mol. The first-order valence-corrected chi connectivity index (χ1v) is 19.5. The molecule has 0 amide bonds. The van der Waals surface area contributed by atoms with E-state index in [-0.39, 0.29) is 37.6 Å². The molecule has 0 fully saturated rings. The number of pyridine rings is 2. The van der Waals surface area contributed by atoms with Crippen molar-refractivity contribution in [2.75, 3.05) is 4.90 Å². The van der Waals surface area contributed by atoms with Crippen molar-refractivity contribution >= 4 is 17.2 Å². The van der Waals surface area contributed by atoms with Gasteiger partial charge in [0.25, 0.3) is 0 Å². The molecule has 8 rings (SSSR count). The van der Waals surface area contributed by atoms with Crippen LogP contribution in [0.5, 0.6) is 5.75 Å². The molecule has 0 atom stereocenters. The largest absolute Gasteiger partial charge is 0.507 e. The van der Waals surface area contributed by atoms with Crippen molar-refractivity contribution in [1.29, 1.82) is 0 Å². The van der Waals surface area contributed by atoms with Gasteiger partial charge in [0.2, 0.25) is 0 Å². The molecule has 8 aromatic rings. The number of rotatable bonds is 9. The van der Waals surface area contributed by atoms with Gasteiger partial charge in [0.15, 0.2) is 0 Å². The first-order chi connectivity index (χ1) is 27.5. The monoisotopic (exact) mass is 935 g/mol. The molecule has 0 aliphatic carbocycles. The number of aromatic hydroxyl groups is 1. The molecule has 0 saturated carbocycles. The molecule has 58 heavy (non-hydrogen) atoms. The normalized spacial score (nSPS) is 11.5. The van der Waals surface area contributed by atoms with Gasteiger partial charge < -0.3 is 10.0 Å². The third kappa shape index (κ3) is 8.44. The molecular weight excluding hydrogens is 890 g/mol. The Bertz CT molecular complexity index is 2640. The van der Waals surface area contributed by atoms with Gasteiger partial charge in [-0.25, -0.2) is 4.98 Å². The Hall–Kier alpha value is -6.09. The molecule has 0 bridgehead atoms. The summed E-state index contributed by atoms with van der Waals surface area (Å²) in [6.07, 6.45) is 1.91. The molecule has 0 aliphatic heterocycles. The summed E-state index contributed by atoms with van der Waals surface area (Å²) in [6, 6.07) is 64.2. The third-order valence-electron chi connectivity index (χ3n) is 10.8. The van der Waals surface area contributed by atoms with Crippen molar-refractivity contribution in [3.8, 4) is 50.5 Å². The van der Waals surface area contributed by atoms with Crippen LogP contribution in [0, 0.1) is 6.07 Å². The second-order valence-electron chi connectivity index (χ2n) is 16.1. The first kappa shape index (κ1) is 40.1. The average molecular weight is 936 g/mol. The smallest absolute Gasteiger partial charge is 0.136 e. The standard InChI is InChI=1S/C53H46N3O.Pt/c1-52(2,3)44-31-41(32-46(35-44)56(45-21-13-8-14-22-45)51-36-43(29-30-54-51)53(4,5)42-19-11-7-12-20-42)48-33-40(34-49(55-48)47-23-15-16-24-50(47)57)39-27-25-38(26-28-39)37-17-9-6-10-18-37;/h6-31,33-36,57H,1-5H3;/q-1;. The summed E-state index contributed by atoms with van der Waals surface area (Å²) >= 11 is 0. The molecule has 5 heteroatoms. The van der Waals surface area contributed by atoms with Crippen molar-refractivity contribution in [1.82, 2.24) is 9.97 Å². The van der Waals surface area contributed by atoms with E-state index >= 15 is 0 Å². The van der Waals surface area contributed by atoms with Crippen LogP contribution in [-0.2, 0) is 31.9 Å². The molecule has 1 N–H and O–H groups in total. The van der Waals surface area contributed by atoms with E-state index in [0.717, 1.165) is 56.3 Å². The molecule has 0 unspecified atom stereocenters. The zero-order valence-electron chi connectivity index (χ0n) is 33.4. The van der Waals surface area contributed by atoms with E-state index < -0.39 is 0 Å². The molecule has 0 radical (unpaired) electrons. The minimum Gasteiger partial charge on any atom is -0.507 e. The topological polar surface area (TPSA) is 49.3 Å². The summed E-state index contributed by atoms with van der Waals surface area (Å²) in [4.78, 5) is 12.4. The van der Waals surface area contributed by atoms with Crippen LogP contribution in [0.1, 0.15) is 51.3 Å². The summed E-state index contributed by atoms with van der Waals surface area (Å²) in [6.45, 7) is 11.2. The molecule has 2 heterocycles. The second-order valence-corrected chi connectivity index (χ2v) is 16.1. The third-order valence-corrected chi connectivity index (χ3v) is 10.8. The number of nitrogens with zero attached hydrogens (tertiary/aromatic N) is 3. The summed E-state index contributed by atoms with van der Waals surface area (Å²) in [7, 11) is 0. The van der Waals surface area contributed by atoms with Gasteiger partial charge in [-0.15, -0.1) is 29.3 Å². The van der Waals surface area contributed by atoms with Crippen LogP contribution < -0.4 is 4.90 Å². The fraction of sp³-hybridized carbons (Fsp3) is 0.132. The van der Waals surface area contributed by atoms with Crippen molar-refractivity contribution < 1.29 is 26.2 Å². The van der Waals surface area contributed by atoms with E-state index in [0.29, 0.717) is 11.3 Å². The fourth-order valence-corrected chi connectivity index (χ4v) is 7.32. The number of para-hydroxylation sites is 2. The average Bonchev–Trinajstić information content (AvgIpc) is 3.24. The Labute approximate surface area is 357 Å². The van der Waals surface area contributed by atoms with Gasteiger partial charge in [0, 0.05) is 43.9 Å². The maximum atomic E-state index is 11.1. The number of hydrogen-bond donors (Lipinski definition) is 1. The molecular formula is C53H46N3OPt-. The molecule has 2 aromatic heterocycles. The van der Waals surface area contributed by atoms with E-state index in [4.69, 9.17) is 9.97 Å². The van der Waals surface area contributed by atoms with Gasteiger partial charge in [0.05, 0.1) is 5.69 Å². The van der Waals surface area contributed by atoms with Crippen LogP contribution in [0.15, 0.2) is 182 Å². The van der Waals surface area contributed by atoms with E-state index in [1.165, 1.54) is 11.1 Å². The van der Waals surface area contributed by atoms with Crippen LogP contribution in [0.4, 0.5) is 17.2 Å². The summed E-state index contributed by atoms with van der Waals surface area (Å²) in [5.41, 5.74) is 12.2. The minimum atomic E-state index is -0.257. The van der Waals surface area contributed by atoms with E-state index in [2.05, 4.69) is 185 Å². The first-order valence-electron chi connectivity index (χ1n) is 19.5. The molecule has 290 valence electrons. The van der Waals surface area contributed by atoms with Crippen molar-refractivity contribution in [3.63, 3.8) is 0 Å². The zero-order chi connectivity index (χ0) is 39.6. The maximum Gasteiger partial charge on any atom is 0.136 e. The summed E-state index contributed by atoms with van der Waals surface area (Å²) in [5, 5.41) is 11.1. The second kappa shape index (κ2) is 16.8. The zero-order valence-corrected chi connectivity index (χ0v) is 35.7. The van der Waals surface area contributed by atoms with Gasteiger partial charge >= 0.3 is 0 Å². The Morgan fingerprint density at radius 1 is 0.517 bits per heavy atom. The Balaban J connectivity index is 0.00000512. The number of aromatic nitrogens is 2.